The summed E-state index contributed by atoms with van der Waals surface area (Å²) in [5.74, 6) is -0.263. The zero-order valence-electron chi connectivity index (χ0n) is 19.6. The van der Waals surface area contributed by atoms with Gasteiger partial charge in [0.25, 0.3) is 0 Å². The lowest BCUT2D eigenvalue weighted by molar-refractivity contribution is -0.137. The number of benzene rings is 1. The predicted octanol–water partition coefficient (Wildman–Crippen LogP) is 4.49. The van der Waals surface area contributed by atoms with Crippen LogP contribution in [0.1, 0.15) is 31.2 Å². The number of fused-ring (bicyclic) bond motifs is 1. The summed E-state index contributed by atoms with van der Waals surface area (Å²) in [5, 5.41) is 9.90. The molecule has 3 aliphatic rings. The number of aromatic nitrogens is 2. The minimum Gasteiger partial charge on any atom is -0.381 e. The highest BCUT2D eigenvalue weighted by Crippen LogP contribution is 2.44. The number of likely N-dealkylation sites (tertiary alicyclic amines) is 1. The molecule has 1 aromatic heterocycles. The maximum absolute atomic E-state index is 13.9. The number of ether oxygens (including phenoxy) is 1. The number of alkyl halides is 3. The van der Waals surface area contributed by atoms with E-state index in [0.29, 0.717) is 39.1 Å². The van der Waals surface area contributed by atoms with Crippen molar-refractivity contribution < 1.29 is 22.3 Å². The van der Waals surface area contributed by atoms with Crippen LogP contribution in [-0.2, 0) is 10.9 Å². The highest BCUT2D eigenvalue weighted by atomic mass is 35.5. The fourth-order valence-corrected chi connectivity index (χ4v) is 6.10. The summed E-state index contributed by atoms with van der Waals surface area (Å²) < 4.78 is 60.9. The van der Waals surface area contributed by atoms with E-state index in [1.807, 2.05) is 0 Å². The number of nitrogens with one attached hydrogen (secondary N) is 1. The third-order valence-electron chi connectivity index (χ3n) is 7.82. The van der Waals surface area contributed by atoms with Crippen molar-refractivity contribution >= 4 is 33.1 Å². The lowest BCUT2D eigenvalue weighted by Crippen LogP contribution is -2.56. The van der Waals surface area contributed by atoms with E-state index in [1.54, 1.807) is 0 Å². The van der Waals surface area contributed by atoms with Crippen LogP contribution in [0.5, 0.6) is 0 Å². The predicted molar refractivity (Wildman–Crippen MR) is 130 cm³/mol. The topological polar surface area (TPSA) is 50.3 Å². The average molecular weight is 519 g/mol. The van der Waals surface area contributed by atoms with Crippen molar-refractivity contribution in [1.29, 1.82) is 0 Å². The molecule has 4 radical (unpaired) electrons. The first kappa shape index (κ1) is 25.8. The molecule has 3 atom stereocenters. The van der Waals surface area contributed by atoms with Crippen LogP contribution >= 0.6 is 11.6 Å². The molecule has 3 fully saturated rings. The molecule has 1 saturated carbocycles. The smallest absolute Gasteiger partial charge is 0.381 e. The monoisotopic (exact) mass is 518 g/mol. The van der Waals surface area contributed by atoms with Crippen LogP contribution in [0.2, 0.25) is 5.02 Å². The molecule has 5 nitrogen and oxygen atoms in total. The number of anilines is 1. The lowest BCUT2D eigenvalue weighted by Gasteiger charge is -2.45. The van der Waals surface area contributed by atoms with Gasteiger partial charge in [0.1, 0.15) is 11.4 Å². The molecule has 0 bridgehead atoms. The van der Waals surface area contributed by atoms with E-state index in [4.69, 9.17) is 32.0 Å². The summed E-state index contributed by atoms with van der Waals surface area (Å²) in [4.78, 5) is 2.13. The first-order valence-electron chi connectivity index (χ1n) is 12.1. The van der Waals surface area contributed by atoms with Crippen molar-refractivity contribution in [3.05, 3.63) is 40.7 Å². The molecule has 36 heavy (non-hydrogen) atoms. The standard InChI is InChI=1S/C24H25B2ClF4N4O/c25-23(26,15-3-5-36-6-4-15)35-11-13-7-17(8-14(13)12-35)32-22-19(24(29,30)31)10-21(33-34-22)18-9-16(28)1-2-20(18)27/h1-2,9-10,13-15,17H,3-8,11-12H2,(H,32,34)/t13-,14+,17?. The second-order valence-corrected chi connectivity index (χ2v) is 10.5. The first-order valence-corrected chi connectivity index (χ1v) is 12.5. The molecule has 2 aromatic rings. The van der Waals surface area contributed by atoms with E-state index in [1.165, 1.54) is 6.07 Å². The molecule has 1 aromatic carbocycles. The maximum atomic E-state index is 13.9. The molecular formula is C24H25B2ClF4N4O. The van der Waals surface area contributed by atoms with Gasteiger partial charge in [-0.2, -0.15) is 13.2 Å². The molecule has 1 aliphatic carbocycles. The molecular weight excluding hydrogens is 493 g/mol. The second-order valence-electron chi connectivity index (χ2n) is 10.1. The van der Waals surface area contributed by atoms with Gasteiger partial charge in [-0.25, -0.2) is 4.39 Å². The summed E-state index contributed by atoms with van der Waals surface area (Å²) in [5.41, 5.74) is -1.06. The van der Waals surface area contributed by atoms with Gasteiger partial charge in [0.15, 0.2) is 5.82 Å². The number of hydrogen-bond acceptors (Lipinski definition) is 5. The van der Waals surface area contributed by atoms with Crippen LogP contribution in [0, 0.1) is 23.6 Å². The molecule has 12 heteroatoms. The van der Waals surface area contributed by atoms with Crippen molar-refractivity contribution in [2.75, 3.05) is 31.6 Å². The van der Waals surface area contributed by atoms with Crippen LogP contribution in [0.4, 0.5) is 23.4 Å². The quantitative estimate of drug-likeness (QED) is 0.467. The molecule has 1 N–H and O–H groups in total. The van der Waals surface area contributed by atoms with E-state index in [-0.39, 0.29) is 45.9 Å². The van der Waals surface area contributed by atoms with Crippen molar-refractivity contribution in [3.63, 3.8) is 0 Å². The molecule has 1 unspecified atom stereocenters. The van der Waals surface area contributed by atoms with Gasteiger partial charge in [-0.05, 0) is 67.7 Å². The van der Waals surface area contributed by atoms with Crippen LogP contribution in [0.3, 0.4) is 0 Å². The van der Waals surface area contributed by atoms with E-state index in [2.05, 4.69) is 20.4 Å². The molecule has 188 valence electrons. The Balaban J connectivity index is 1.29. The molecule has 0 amide bonds. The summed E-state index contributed by atoms with van der Waals surface area (Å²) in [6.07, 6.45) is -1.68. The van der Waals surface area contributed by atoms with Crippen LogP contribution < -0.4 is 5.32 Å². The molecule has 2 saturated heterocycles. The molecule has 3 heterocycles. The Hall–Kier alpha value is -1.84. The van der Waals surface area contributed by atoms with E-state index >= 15 is 0 Å². The van der Waals surface area contributed by atoms with E-state index < -0.39 is 22.9 Å². The average Bonchev–Trinajstić information content (AvgIpc) is 3.40. The van der Waals surface area contributed by atoms with Gasteiger partial charge in [-0.15, -0.1) is 10.2 Å². The van der Waals surface area contributed by atoms with Gasteiger partial charge in [0, 0.05) is 37.9 Å². The number of rotatable bonds is 5. The fraction of sp³-hybridized carbons (Fsp3) is 0.583. The minimum atomic E-state index is -4.68. The van der Waals surface area contributed by atoms with Gasteiger partial charge in [0.05, 0.1) is 26.4 Å². The van der Waals surface area contributed by atoms with Crippen molar-refractivity contribution in [3.8, 4) is 11.3 Å². The fourth-order valence-electron chi connectivity index (χ4n) is 5.89. The van der Waals surface area contributed by atoms with Gasteiger partial charge in [-0.3, -0.25) is 0 Å². The van der Waals surface area contributed by atoms with Crippen LogP contribution in [0.15, 0.2) is 24.3 Å². The van der Waals surface area contributed by atoms with Crippen molar-refractivity contribution in [2.24, 2.45) is 17.8 Å². The third kappa shape index (κ3) is 5.11. The number of halogens is 5. The first-order chi connectivity index (χ1) is 17.0. The van der Waals surface area contributed by atoms with Crippen LogP contribution in [0.25, 0.3) is 11.3 Å². The van der Waals surface area contributed by atoms with E-state index in [9.17, 15) is 17.6 Å². The third-order valence-corrected chi connectivity index (χ3v) is 8.15. The zero-order chi connectivity index (χ0) is 25.7. The Bertz CT molecular complexity index is 1100. The van der Waals surface area contributed by atoms with Crippen LogP contribution in [-0.4, -0.2) is 68.5 Å². The SMILES string of the molecule is [B]C([B])(C1CCOCC1)N1C[C@H]2CC(Nc3nnc(-c4cc(F)ccc4Cl)cc3C(F)(F)F)C[C@H]2C1. The molecule has 5 rings (SSSR count). The Labute approximate surface area is 215 Å². The Kier molecular flexibility index (Phi) is 7.02. The number of hydrogen-bond donors (Lipinski definition) is 1. The van der Waals surface area contributed by atoms with E-state index in [0.717, 1.165) is 31.0 Å². The summed E-state index contributed by atoms with van der Waals surface area (Å²) >= 11 is 6.06. The Morgan fingerprint density at radius 2 is 1.69 bits per heavy atom. The highest BCUT2D eigenvalue weighted by molar-refractivity contribution is 6.40. The summed E-state index contributed by atoms with van der Waals surface area (Å²) in [6.45, 7) is 2.73. The van der Waals surface area contributed by atoms with Gasteiger partial charge in [-0.1, -0.05) is 16.9 Å². The van der Waals surface area contributed by atoms with Crippen molar-refractivity contribution in [2.45, 2.75) is 43.2 Å². The zero-order valence-corrected chi connectivity index (χ0v) is 20.3. The summed E-state index contributed by atoms with van der Waals surface area (Å²) in [6, 6.07) is 4.11. The molecule has 0 spiro atoms. The summed E-state index contributed by atoms with van der Waals surface area (Å²) in [7, 11) is 13.1. The highest BCUT2D eigenvalue weighted by Gasteiger charge is 2.47. The number of nitrogens with zero attached hydrogens (tertiary/aromatic N) is 3. The Morgan fingerprint density at radius 1 is 1.03 bits per heavy atom. The minimum absolute atomic E-state index is 0.0493. The Morgan fingerprint density at radius 3 is 2.33 bits per heavy atom. The molecule has 2 aliphatic heterocycles. The normalized spacial score (nSPS) is 25.8. The van der Waals surface area contributed by atoms with Gasteiger partial charge < -0.3 is 15.0 Å². The second kappa shape index (κ2) is 9.80. The largest absolute Gasteiger partial charge is 0.420 e. The van der Waals surface area contributed by atoms with Gasteiger partial charge in [0.2, 0.25) is 0 Å². The lowest BCUT2D eigenvalue weighted by atomic mass is 9.52. The van der Waals surface area contributed by atoms with Gasteiger partial charge >= 0.3 is 6.18 Å². The maximum Gasteiger partial charge on any atom is 0.420 e. The van der Waals surface area contributed by atoms with Crippen molar-refractivity contribution in [1.82, 2.24) is 15.1 Å².